The van der Waals surface area contributed by atoms with Gasteiger partial charge in [0.1, 0.15) is 5.56 Å². The van der Waals surface area contributed by atoms with Gasteiger partial charge >= 0.3 is 0 Å². The van der Waals surface area contributed by atoms with Gasteiger partial charge in [-0.15, -0.1) is 15.3 Å². The quantitative estimate of drug-likeness (QED) is 0.666. The average molecular weight is 343 g/mol. The summed E-state index contributed by atoms with van der Waals surface area (Å²) in [5.74, 6) is 2.17. The zero-order valence-corrected chi connectivity index (χ0v) is 15.4. The summed E-state index contributed by atoms with van der Waals surface area (Å²) in [5.41, 5.74) is 4.73. The molecule has 0 radical (unpaired) electrons. The lowest BCUT2D eigenvalue weighted by Gasteiger charge is -2.07. The minimum Gasteiger partial charge on any atom is -0.479 e. The van der Waals surface area contributed by atoms with Crippen molar-refractivity contribution in [3.8, 4) is 17.3 Å². The summed E-state index contributed by atoms with van der Waals surface area (Å²) in [6.07, 6.45) is 1.89. The van der Waals surface area contributed by atoms with Gasteiger partial charge in [0.15, 0.2) is 11.0 Å². The number of aromatic nitrogens is 5. The van der Waals surface area contributed by atoms with Crippen LogP contribution >= 0.6 is 11.8 Å². The molecule has 0 saturated carbocycles. The van der Waals surface area contributed by atoms with E-state index in [0.29, 0.717) is 5.88 Å². The molecule has 0 unspecified atom stereocenters. The zero-order valence-electron chi connectivity index (χ0n) is 14.6. The molecule has 24 heavy (non-hydrogen) atoms. The standard InChI is InChI=1S/C17H21N5OS/c1-11-6-7-12(2)13(8-11)10-24-17-19-18-15(22(17)4)14-9-21(3)20-16(14)23-5/h6-9H,10H2,1-5H3. The number of benzene rings is 1. The van der Waals surface area contributed by atoms with Gasteiger partial charge in [0, 0.05) is 26.0 Å². The zero-order chi connectivity index (χ0) is 17.3. The van der Waals surface area contributed by atoms with Crippen molar-refractivity contribution in [2.24, 2.45) is 14.1 Å². The lowest BCUT2D eigenvalue weighted by molar-refractivity contribution is 0.393. The first-order valence-corrected chi connectivity index (χ1v) is 8.64. The van der Waals surface area contributed by atoms with Crippen LogP contribution in [0.4, 0.5) is 0 Å². The average Bonchev–Trinajstić information content (AvgIpc) is 3.10. The number of ether oxygens (including phenoxy) is 1. The summed E-state index contributed by atoms with van der Waals surface area (Å²) in [6.45, 7) is 4.25. The topological polar surface area (TPSA) is 57.8 Å². The van der Waals surface area contributed by atoms with Crippen LogP contribution in [0.25, 0.3) is 11.4 Å². The van der Waals surface area contributed by atoms with Gasteiger partial charge < -0.3 is 9.30 Å². The Hall–Kier alpha value is -2.28. The number of aryl methyl sites for hydroxylation is 3. The van der Waals surface area contributed by atoms with Crippen LogP contribution in [0, 0.1) is 13.8 Å². The van der Waals surface area contributed by atoms with Gasteiger partial charge in [-0.2, -0.15) is 0 Å². The molecule has 1 aromatic carbocycles. The van der Waals surface area contributed by atoms with E-state index < -0.39 is 0 Å². The SMILES string of the molecule is COc1nn(C)cc1-c1nnc(SCc2cc(C)ccc2C)n1C. The summed E-state index contributed by atoms with van der Waals surface area (Å²) in [5, 5.41) is 13.8. The first-order valence-electron chi connectivity index (χ1n) is 7.66. The molecule has 3 rings (SSSR count). The molecule has 3 aromatic rings. The van der Waals surface area contributed by atoms with Crippen LogP contribution in [0.1, 0.15) is 16.7 Å². The van der Waals surface area contributed by atoms with Gasteiger partial charge in [-0.1, -0.05) is 35.5 Å². The molecule has 0 saturated heterocycles. The summed E-state index contributed by atoms with van der Waals surface area (Å²) < 4.78 is 9.02. The van der Waals surface area contributed by atoms with Crippen molar-refractivity contribution in [2.75, 3.05) is 7.11 Å². The molecule has 126 valence electrons. The number of hydrogen-bond donors (Lipinski definition) is 0. The molecule has 2 heterocycles. The molecular weight excluding hydrogens is 322 g/mol. The Morgan fingerprint density at radius 1 is 1.17 bits per heavy atom. The van der Waals surface area contributed by atoms with Crippen LogP contribution in [-0.2, 0) is 19.8 Å². The van der Waals surface area contributed by atoms with Gasteiger partial charge in [0.2, 0.25) is 5.88 Å². The summed E-state index contributed by atoms with van der Waals surface area (Å²) in [6, 6.07) is 6.52. The highest BCUT2D eigenvalue weighted by Crippen LogP contribution is 2.30. The Labute approximate surface area is 145 Å². The Kier molecular flexibility index (Phi) is 4.62. The van der Waals surface area contributed by atoms with Crippen LogP contribution in [0.5, 0.6) is 5.88 Å². The Bertz CT molecular complexity index is 868. The Morgan fingerprint density at radius 3 is 2.71 bits per heavy atom. The fourth-order valence-electron chi connectivity index (χ4n) is 2.55. The van der Waals surface area contributed by atoms with Gasteiger partial charge in [-0.25, -0.2) is 0 Å². The van der Waals surface area contributed by atoms with E-state index in [2.05, 4.69) is 47.3 Å². The van der Waals surface area contributed by atoms with E-state index in [1.807, 2.05) is 24.9 Å². The molecule has 0 amide bonds. The molecule has 0 fully saturated rings. The summed E-state index contributed by atoms with van der Waals surface area (Å²) in [7, 11) is 5.43. The number of hydrogen-bond acceptors (Lipinski definition) is 5. The third kappa shape index (κ3) is 3.17. The van der Waals surface area contributed by atoms with Crippen LogP contribution in [0.15, 0.2) is 29.6 Å². The van der Waals surface area contributed by atoms with E-state index in [-0.39, 0.29) is 0 Å². The van der Waals surface area contributed by atoms with E-state index in [1.165, 1.54) is 16.7 Å². The Morgan fingerprint density at radius 2 is 1.96 bits per heavy atom. The number of rotatable bonds is 5. The lowest BCUT2D eigenvalue weighted by Crippen LogP contribution is -1.96. The largest absolute Gasteiger partial charge is 0.479 e. The highest BCUT2D eigenvalue weighted by atomic mass is 32.2. The maximum absolute atomic E-state index is 5.32. The maximum Gasteiger partial charge on any atom is 0.243 e. The second-order valence-electron chi connectivity index (χ2n) is 5.81. The first-order chi connectivity index (χ1) is 11.5. The van der Waals surface area contributed by atoms with Crippen molar-refractivity contribution in [3.63, 3.8) is 0 Å². The smallest absolute Gasteiger partial charge is 0.243 e. The normalized spacial score (nSPS) is 11.0. The van der Waals surface area contributed by atoms with Gasteiger partial charge in [-0.3, -0.25) is 4.68 Å². The first kappa shape index (κ1) is 16.6. The van der Waals surface area contributed by atoms with E-state index in [0.717, 1.165) is 22.3 Å². The Balaban J connectivity index is 1.84. The molecule has 0 atom stereocenters. The van der Waals surface area contributed by atoms with Crippen LogP contribution in [0.3, 0.4) is 0 Å². The molecule has 0 bridgehead atoms. The van der Waals surface area contributed by atoms with Crippen LogP contribution < -0.4 is 4.74 Å². The number of nitrogens with zero attached hydrogens (tertiary/aromatic N) is 5. The van der Waals surface area contributed by atoms with Gasteiger partial charge in [0.25, 0.3) is 0 Å². The van der Waals surface area contributed by atoms with Crippen LogP contribution in [-0.4, -0.2) is 31.7 Å². The van der Waals surface area contributed by atoms with E-state index >= 15 is 0 Å². The minimum atomic E-state index is 0.555. The third-order valence-corrected chi connectivity index (χ3v) is 4.99. The molecule has 0 aliphatic heterocycles. The molecule has 0 aliphatic rings. The molecule has 0 spiro atoms. The van der Waals surface area contributed by atoms with Crippen molar-refractivity contribution in [1.29, 1.82) is 0 Å². The molecule has 0 aliphatic carbocycles. The molecule has 7 heteroatoms. The maximum atomic E-state index is 5.32. The summed E-state index contributed by atoms with van der Waals surface area (Å²) in [4.78, 5) is 0. The van der Waals surface area contributed by atoms with Crippen molar-refractivity contribution in [3.05, 3.63) is 41.1 Å². The lowest BCUT2D eigenvalue weighted by atomic mass is 10.1. The predicted molar refractivity (Wildman–Crippen MR) is 95.2 cm³/mol. The third-order valence-electron chi connectivity index (χ3n) is 3.93. The predicted octanol–water partition coefficient (Wildman–Crippen LogP) is 3.13. The minimum absolute atomic E-state index is 0.555. The van der Waals surface area contributed by atoms with E-state index in [1.54, 1.807) is 23.6 Å². The second kappa shape index (κ2) is 6.68. The fourth-order valence-corrected chi connectivity index (χ4v) is 3.52. The van der Waals surface area contributed by atoms with Crippen molar-refractivity contribution < 1.29 is 4.74 Å². The highest BCUT2D eigenvalue weighted by molar-refractivity contribution is 7.98. The molecular formula is C17H21N5OS. The number of methoxy groups -OCH3 is 1. The molecule has 0 N–H and O–H groups in total. The second-order valence-corrected chi connectivity index (χ2v) is 6.75. The van der Waals surface area contributed by atoms with E-state index in [9.17, 15) is 0 Å². The van der Waals surface area contributed by atoms with Crippen LogP contribution in [0.2, 0.25) is 0 Å². The molecule has 6 nitrogen and oxygen atoms in total. The van der Waals surface area contributed by atoms with Crippen molar-refractivity contribution in [2.45, 2.75) is 24.8 Å². The monoisotopic (exact) mass is 343 g/mol. The van der Waals surface area contributed by atoms with E-state index in [4.69, 9.17) is 4.74 Å². The van der Waals surface area contributed by atoms with Gasteiger partial charge in [-0.05, 0) is 25.0 Å². The van der Waals surface area contributed by atoms with Gasteiger partial charge in [0.05, 0.1) is 7.11 Å². The fraction of sp³-hybridized carbons (Fsp3) is 0.353. The highest BCUT2D eigenvalue weighted by Gasteiger charge is 2.18. The molecule has 2 aromatic heterocycles. The van der Waals surface area contributed by atoms with Crippen molar-refractivity contribution >= 4 is 11.8 Å². The van der Waals surface area contributed by atoms with Crippen molar-refractivity contribution in [1.82, 2.24) is 24.5 Å². The number of thioether (sulfide) groups is 1. The summed E-state index contributed by atoms with van der Waals surface area (Å²) >= 11 is 1.68.